The summed E-state index contributed by atoms with van der Waals surface area (Å²) >= 11 is 0. The minimum atomic E-state index is -0.167. The summed E-state index contributed by atoms with van der Waals surface area (Å²) in [6.45, 7) is 19.5. The van der Waals surface area contributed by atoms with Crippen LogP contribution in [0.4, 0.5) is 0 Å². The molecule has 0 unspecified atom stereocenters. The van der Waals surface area contributed by atoms with E-state index >= 15 is 0 Å². The molecule has 0 saturated carbocycles. The Morgan fingerprint density at radius 2 is 1.42 bits per heavy atom. The van der Waals surface area contributed by atoms with E-state index in [1.54, 1.807) is 6.92 Å². The first-order valence-electron chi connectivity index (χ1n) is 12.1. The number of hydrogen-bond acceptors (Lipinski definition) is 2. The molecule has 3 rings (SSSR count). The molecule has 1 N–H and O–H groups in total. The summed E-state index contributed by atoms with van der Waals surface area (Å²) in [4.78, 5) is 17.5. The van der Waals surface area contributed by atoms with Crippen LogP contribution in [0.1, 0.15) is 96.7 Å². The summed E-state index contributed by atoms with van der Waals surface area (Å²) in [7, 11) is 0. The van der Waals surface area contributed by atoms with Crippen LogP contribution in [-0.2, 0) is 15.6 Å². The zero-order chi connectivity index (χ0) is 24.6. The first kappa shape index (κ1) is 25.0. The van der Waals surface area contributed by atoms with Crippen LogP contribution >= 0.6 is 0 Å². The first-order valence-corrected chi connectivity index (χ1v) is 12.1. The summed E-state index contributed by atoms with van der Waals surface area (Å²) in [6.07, 6.45) is 0. The van der Waals surface area contributed by atoms with E-state index in [9.17, 15) is 4.79 Å². The van der Waals surface area contributed by atoms with E-state index in [-0.39, 0.29) is 34.6 Å². The monoisotopic (exact) mass is 444 g/mol. The van der Waals surface area contributed by atoms with Crippen molar-refractivity contribution in [1.29, 1.82) is 0 Å². The first-order chi connectivity index (χ1) is 15.3. The van der Waals surface area contributed by atoms with Crippen molar-refractivity contribution in [2.24, 2.45) is 5.92 Å². The fourth-order valence-electron chi connectivity index (χ4n) is 4.46. The molecule has 33 heavy (non-hydrogen) atoms. The highest BCUT2D eigenvalue weighted by molar-refractivity contribution is 5.78. The lowest BCUT2D eigenvalue weighted by molar-refractivity contribution is -0.120. The maximum atomic E-state index is 12.4. The fourth-order valence-corrected chi connectivity index (χ4v) is 4.46. The Labute approximate surface area is 200 Å². The third kappa shape index (κ3) is 5.82. The number of para-hydroxylation sites is 1. The second-order valence-electron chi connectivity index (χ2n) is 11.7. The van der Waals surface area contributed by atoms with Crippen LogP contribution < -0.4 is 5.32 Å². The Morgan fingerprint density at radius 3 is 1.94 bits per heavy atom. The molecule has 3 heteroatoms. The van der Waals surface area contributed by atoms with E-state index in [1.807, 2.05) is 12.1 Å². The van der Waals surface area contributed by atoms with Crippen LogP contribution in [0.5, 0.6) is 0 Å². The van der Waals surface area contributed by atoms with Gasteiger partial charge >= 0.3 is 0 Å². The number of carbonyl (C=O) groups is 1. The predicted molar refractivity (Wildman–Crippen MR) is 140 cm³/mol. The highest BCUT2D eigenvalue weighted by Crippen LogP contribution is 2.40. The number of aromatic nitrogens is 1. The average molecular weight is 445 g/mol. The quantitative estimate of drug-likeness (QED) is 0.444. The Bertz CT molecular complexity index is 1100. The van der Waals surface area contributed by atoms with Crippen molar-refractivity contribution >= 4 is 16.8 Å². The van der Waals surface area contributed by atoms with Crippen molar-refractivity contribution in [2.75, 3.05) is 0 Å². The number of nitrogens with zero attached hydrogens (tertiary/aromatic N) is 1. The molecule has 176 valence electrons. The van der Waals surface area contributed by atoms with E-state index in [1.165, 1.54) is 11.1 Å². The topological polar surface area (TPSA) is 42.0 Å². The smallest absolute Gasteiger partial charge is 0.217 e. The van der Waals surface area contributed by atoms with Gasteiger partial charge in [0.15, 0.2) is 0 Å². The molecule has 0 saturated heterocycles. The molecule has 0 aliphatic heterocycles. The fraction of sp³-hybridized carbons (Fsp3) is 0.467. The molecule has 0 spiro atoms. The SMILES string of the molecule is CC(=O)N[C@H](c1cc(C(C)(C)C)cc(C(C)(C)C)c1)[C@@H](c1ccc2ccccc2n1)C(C)C. The van der Waals surface area contributed by atoms with Crippen molar-refractivity contribution < 1.29 is 4.79 Å². The maximum Gasteiger partial charge on any atom is 0.217 e. The molecule has 0 radical (unpaired) electrons. The predicted octanol–water partition coefficient (Wildman–Crippen LogP) is 7.45. The standard InChI is InChI=1S/C30H40N2O/c1-19(2)27(26-15-14-21-12-10-11-13-25(21)32-26)28(31-20(3)33)22-16-23(29(4,5)6)18-24(17-22)30(7,8)9/h10-19,27-28H,1-9H3,(H,31,33)/t27-,28-/m1/s1. The van der Waals surface area contributed by atoms with Gasteiger partial charge in [-0.2, -0.15) is 0 Å². The summed E-state index contributed by atoms with van der Waals surface area (Å²) < 4.78 is 0. The van der Waals surface area contributed by atoms with Gasteiger partial charge in [0.05, 0.1) is 11.6 Å². The number of hydrogen-bond donors (Lipinski definition) is 1. The van der Waals surface area contributed by atoms with Gasteiger partial charge in [-0.05, 0) is 45.6 Å². The molecule has 0 aliphatic rings. The molecule has 3 nitrogen and oxygen atoms in total. The van der Waals surface area contributed by atoms with E-state index < -0.39 is 0 Å². The van der Waals surface area contributed by atoms with Crippen molar-refractivity contribution in [2.45, 2.75) is 85.1 Å². The number of benzene rings is 2. The van der Waals surface area contributed by atoms with Gasteiger partial charge in [0.1, 0.15) is 0 Å². The van der Waals surface area contributed by atoms with Crippen LogP contribution in [0.25, 0.3) is 10.9 Å². The highest BCUT2D eigenvalue weighted by Gasteiger charge is 2.32. The van der Waals surface area contributed by atoms with E-state index in [0.29, 0.717) is 0 Å². The van der Waals surface area contributed by atoms with E-state index in [0.717, 1.165) is 22.2 Å². The van der Waals surface area contributed by atoms with Crippen molar-refractivity contribution in [3.8, 4) is 0 Å². The lowest BCUT2D eigenvalue weighted by Crippen LogP contribution is -2.34. The van der Waals surface area contributed by atoms with Gasteiger partial charge in [0.2, 0.25) is 5.91 Å². The van der Waals surface area contributed by atoms with Crippen LogP contribution in [0, 0.1) is 5.92 Å². The number of carbonyl (C=O) groups excluding carboxylic acids is 1. The molecule has 2 aromatic carbocycles. The molecule has 0 fully saturated rings. The molecular formula is C30H40N2O. The number of pyridine rings is 1. The zero-order valence-corrected chi connectivity index (χ0v) is 21.8. The lowest BCUT2D eigenvalue weighted by atomic mass is 9.75. The van der Waals surface area contributed by atoms with Crippen molar-refractivity contribution in [3.63, 3.8) is 0 Å². The van der Waals surface area contributed by atoms with Gasteiger partial charge in [0.25, 0.3) is 0 Å². The number of fused-ring (bicyclic) bond motifs is 1. The van der Waals surface area contributed by atoms with Gasteiger partial charge in [-0.15, -0.1) is 0 Å². The van der Waals surface area contributed by atoms with E-state index in [2.05, 4.69) is 103 Å². The molecule has 0 bridgehead atoms. The third-order valence-corrected chi connectivity index (χ3v) is 6.44. The van der Waals surface area contributed by atoms with Crippen LogP contribution in [0.15, 0.2) is 54.6 Å². The van der Waals surface area contributed by atoms with Gasteiger partial charge in [-0.3, -0.25) is 9.78 Å². The van der Waals surface area contributed by atoms with Gasteiger partial charge < -0.3 is 5.32 Å². The van der Waals surface area contributed by atoms with Crippen LogP contribution in [-0.4, -0.2) is 10.9 Å². The lowest BCUT2D eigenvalue weighted by Gasteiger charge is -2.34. The second kappa shape index (κ2) is 9.29. The zero-order valence-electron chi connectivity index (χ0n) is 21.8. The number of nitrogens with one attached hydrogen (secondary N) is 1. The molecule has 1 heterocycles. The van der Waals surface area contributed by atoms with Crippen LogP contribution in [0.2, 0.25) is 0 Å². The third-order valence-electron chi connectivity index (χ3n) is 6.44. The van der Waals surface area contributed by atoms with Crippen LogP contribution in [0.3, 0.4) is 0 Å². The molecule has 0 aliphatic carbocycles. The highest BCUT2D eigenvalue weighted by atomic mass is 16.1. The van der Waals surface area contributed by atoms with Crippen molar-refractivity contribution in [3.05, 3.63) is 77.0 Å². The molecule has 3 aromatic rings. The minimum absolute atomic E-state index is 0.00527. The van der Waals surface area contributed by atoms with Gasteiger partial charge in [-0.25, -0.2) is 0 Å². The molecule has 1 amide bonds. The number of rotatable bonds is 5. The van der Waals surface area contributed by atoms with Gasteiger partial charge in [0, 0.05) is 23.9 Å². The molecule has 1 aromatic heterocycles. The summed E-state index contributed by atoms with van der Waals surface area (Å²) in [5, 5.41) is 4.43. The minimum Gasteiger partial charge on any atom is -0.349 e. The Morgan fingerprint density at radius 1 is 0.848 bits per heavy atom. The largest absolute Gasteiger partial charge is 0.349 e. The Kier molecular flexibility index (Phi) is 7.02. The van der Waals surface area contributed by atoms with Gasteiger partial charge in [-0.1, -0.05) is 97.9 Å². The summed E-state index contributed by atoms with van der Waals surface area (Å²) in [5.74, 6) is 0.304. The molecule has 2 atom stereocenters. The Hall–Kier alpha value is -2.68. The number of amides is 1. The maximum absolute atomic E-state index is 12.4. The van der Waals surface area contributed by atoms with E-state index in [4.69, 9.17) is 4.98 Å². The van der Waals surface area contributed by atoms with Crippen molar-refractivity contribution in [1.82, 2.24) is 10.3 Å². The normalized spacial score (nSPS) is 14.4. The Balaban J connectivity index is 2.23. The molecular weight excluding hydrogens is 404 g/mol. The average Bonchev–Trinajstić information content (AvgIpc) is 2.71. The second-order valence-corrected chi connectivity index (χ2v) is 11.7. The summed E-state index contributed by atoms with van der Waals surface area (Å²) in [6, 6.07) is 19.2. The summed E-state index contributed by atoms with van der Waals surface area (Å²) in [5.41, 5.74) is 5.73.